The third-order valence-corrected chi connectivity index (χ3v) is 3.28. The van der Waals surface area contributed by atoms with Crippen LogP contribution in [0.5, 0.6) is 0 Å². The summed E-state index contributed by atoms with van der Waals surface area (Å²) in [7, 11) is 0. The second-order valence-corrected chi connectivity index (χ2v) is 4.58. The smallest absolute Gasteiger partial charge is 0.340 e. The van der Waals surface area contributed by atoms with Crippen molar-refractivity contribution < 1.29 is 19.1 Å². The van der Waals surface area contributed by atoms with E-state index in [1.54, 1.807) is 4.90 Å². The summed E-state index contributed by atoms with van der Waals surface area (Å²) in [5.41, 5.74) is -0.528. The van der Waals surface area contributed by atoms with Crippen LogP contribution in [-0.2, 0) is 0 Å². The number of hydrogen-bond acceptors (Lipinski definition) is 2. The lowest BCUT2D eigenvalue weighted by molar-refractivity contribution is 0.0693. The number of likely N-dealkylation sites (tertiary alicyclic amines) is 1. The molecule has 1 aliphatic rings. The van der Waals surface area contributed by atoms with E-state index >= 15 is 0 Å². The molecule has 0 radical (unpaired) electrons. The minimum atomic E-state index is -1.40. The number of anilines is 1. The molecule has 1 aromatic rings. The number of carbonyl (C=O) groups is 2. The maximum Gasteiger partial charge on any atom is 0.340 e. The number of amides is 2. The van der Waals surface area contributed by atoms with Crippen molar-refractivity contribution in [3.8, 4) is 0 Å². The average Bonchev–Trinajstić information content (AvgIpc) is 2.75. The minimum Gasteiger partial charge on any atom is -0.478 e. The molecular formula is C13H15FN2O3. The summed E-state index contributed by atoms with van der Waals surface area (Å²) >= 11 is 0. The second-order valence-electron chi connectivity index (χ2n) is 4.58. The lowest BCUT2D eigenvalue weighted by Gasteiger charge is -2.22. The van der Waals surface area contributed by atoms with Gasteiger partial charge in [-0.3, -0.25) is 0 Å². The van der Waals surface area contributed by atoms with Gasteiger partial charge in [-0.15, -0.1) is 0 Å². The largest absolute Gasteiger partial charge is 0.478 e. The number of rotatable bonds is 2. The van der Waals surface area contributed by atoms with Gasteiger partial charge in [-0.05, 0) is 31.9 Å². The number of urea groups is 1. The summed E-state index contributed by atoms with van der Waals surface area (Å²) in [6.07, 6.45) is 1.84. The van der Waals surface area contributed by atoms with Gasteiger partial charge in [-0.2, -0.15) is 0 Å². The van der Waals surface area contributed by atoms with Crippen LogP contribution < -0.4 is 5.32 Å². The van der Waals surface area contributed by atoms with Gasteiger partial charge in [0, 0.05) is 12.6 Å². The van der Waals surface area contributed by atoms with Crippen molar-refractivity contribution in [3.63, 3.8) is 0 Å². The number of carboxylic acid groups (broad SMARTS) is 1. The highest BCUT2D eigenvalue weighted by molar-refractivity contribution is 6.00. The lowest BCUT2D eigenvalue weighted by Crippen LogP contribution is -2.37. The number of hydrogen-bond donors (Lipinski definition) is 2. The first-order valence-corrected chi connectivity index (χ1v) is 6.10. The molecule has 0 spiro atoms. The van der Waals surface area contributed by atoms with Crippen LogP contribution in [0.15, 0.2) is 18.2 Å². The first kappa shape index (κ1) is 13.3. The fraction of sp³-hybridized carbons (Fsp3) is 0.385. The van der Waals surface area contributed by atoms with Gasteiger partial charge in [-0.1, -0.05) is 6.07 Å². The molecule has 1 aromatic carbocycles. The van der Waals surface area contributed by atoms with Gasteiger partial charge in [0.05, 0.1) is 5.69 Å². The summed E-state index contributed by atoms with van der Waals surface area (Å²) < 4.78 is 13.5. The van der Waals surface area contributed by atoms with Crippen LogP contribution in [0.25, 0.3) is 0 Å². The zero-order valence-corrected chi connectivity index (χ0v) is 10.5. The maximum atomic E-state index is 13.5. The van der Waals surface area contributed by atoms with Crippen LogP contribution in [0, 0.1) is 5.82 Å². The normalized spacial score (nSPS) is 18.4. The molecule has 19 heavy (non-hydrogen) atoms. The number of benzene rings is 1. The topological polar surface area (TPSA) is 69.6 Å². The molecule has 1 unspecified atom stereocenters. The Balaban J connectivity index is 2.21. The van der Waals surface area contributed by atoms with E-state index in [0.717, 1.165) is 18.9 Å². The summed E-state index contributed by atoms with van der Waals surface area (Å²) in [4.78, 5) is 24.6. The number of carboxylic acids is 1. The van der Waals surface area contributed by atoms with E-state index in [2.05, 4.69) is 5.32 Å². The Labute approximate surface area is 110 Å². The van der Waals surface area contributed by atoms with Crippen LogP contribution in [-0.4, -0.2) is 34.6 Å². The number of aromatic carboxylic acids is 1. The summed E-state index contributed by atoms with van der Waals surface area (Å²) in [5.74, 6) is -2.26. The molecule has 6 heteroatoms. The molecule has 2 rings (SSSR count). The van der Waals surface area contributed by atoms with Gasteiger partial charge < -0.3 is 15.3 Å². The Morgan fingerprint density at radius 2 is 2.21 bits per heavy atom. The van der Waals surface area contributed by atoms with Crippen LogP contribution in [0.1, 0.15) is 30.1 Å². The second kappa shape index (κ2) is 5.26. The number of carbonyl (C=O) groups excluding carboxylic acids is 1. The predicted octanol–water partition coefficient (Wildman–Crippen LogP) is 2.54. The molecule has 2 N–H and O–H groups in total. The highest BCUT2D eigenvalue weighted by Gasteiger charge is 2.26. The van der Waals surface area contributed by atoms with Crippen LogP contribution in [0.4, 0.5) is 14.9 Å². The number of halogens is 1. The molecule has 0 aliphatic carbocycles. The van der Waals surface area contributed by atoms with Gasteiger partial charge in [0.2, 0.25) is 0 Å². The zero-order chi connectivity index (χ0) is 14.0. The van der Waals surface area contributed by atoms with Crippen molar-refractivity contribution in [2.45, 2.75) is 25.8 Å². The molecule has 2 amide bonds. The van der Waals surface area contributed by atoms with Crippen LogP contribution in [0.3, 0.4) is 0 Å². The van der Waals surface area contributed by atoms with Gasteiger partial charge in [-0.25, -0.2) is 14.0 Å². The SMILES string of the molecule is CC1CCCN1C(=O)Nc1cccc(F)c1C(=O)O. The maximum absolute atomic E-state index is 13.5. The van der Waals surface area contributed by atoms with E-state index in [9.17, 15) is 14.0 Å². The number of nitrogens with one attached hydrogen (secondary N) is 1. The minimum absolute atomic E-state index is 0.0170. The summed E-state index contributed by atoms with van der Waals surface area (Å²) in [5, 5.41) is 11.4. The Bertz CT molecular complexity index is 519. The van der Waals surface area contributed by atoms with Gasteiger partial charge >= 0.3 is 12.0 Å². The van der Waals surface area contributed by atoms with E-state index in [1.807, 2.05) is 6.92 Å². The Kier molecular flexibility index (Phi) is 3.69. The van der Waals surface area contributed by atoms with E-state index in [0.29, 0.717) is 6.54 Å². The Morgan fingerprint density at radius 1 is 1.47 bits per heavy atom. The average molecular weight is 266 g/mol. The molecule has 0 saturated carbocycles. The zero-order valence-electron chi connectivity index (χ0n) is 10.5. The van der Waals surface area contributed by atoms with Crippen molar-refractivity contribution in [2.24, 2.45) is 0 Å². The molecule has 1 aliphatic heterocycles. The molecular weight excluding hydrogens is 251 g/mol. The van der Waals surface area contributed by atoms with Gasteiger partial charge in [0.25, 0.3) is 0 Å². The van der Waals surface area contributed by atoms with Crippen LogP contribution in [0.2, 0.25) is 0 Å². The summed E-state index contributed by atoms with van der Waals surface area (Å²) in [6, 6.07) is 3.52. The van der Waals surface area contributed by atoms with Gasteiger partial charge in [0.15, 0.2) is 0 Å². The summed E-state index contributed by atoms with van der Waals surface area (Å²) in [6.45, 7) is 2.56. The molecule has 5 nitrogen and oxygen atoms in total. The molecule has 1 heterocycles. The van der Waals surface area contributed by atoms with Crippen molar-refractivity contribution in [3.05, 3.63) is 29.6 Å². The Morgan fingerprint density at radius 3 is 2.79 bits per heavy atom. The highest BCUT2D eigenvalue weighted by atomic mass is 19.1. The van der Waals surface area contributed by atoms with Crippen LogP contribution >= 0.6 is 0 Å². The number of nitrogens with zero attached hydrogens (tertiary/aromatic N) is 1. The standard InChI is InChI=1S/C13H15FN2O3/c1-8-4-3-7-16(8)13(19)15-10-6-2-5-9(14)11(10)12(17)18/h2,5-6,8H,3-4,7H2,1H3,(H,15,19)(H,17,18). The van der Waals surface area contributed by atoms with Crippen molar-refractivity contribution in [1.82, 2.24) is 4.90 Å². The molecule has 0 aromatic heterocycles. The van der Waals surface area contributed by atoms with E-state index in [1.165, 1.54) is 12.1 Å². The fourth-order valence-corrected chi connectivity index (χ4v) is 2.27. The third-order valence-electron chi connectivity index (χ3n) is 3.28. The Hall–Kier alpha value is -2.11. The predicted molar refractivity (Wildman–Crippen MR) is 67.8 cm³/mol. The van der Waals surface area contributed by atoms with Crippen molar-refractivity contribution >= 4 is 17.7 Å². The van der Waals surface area contributed by atoms with E-state index < -0.39 is 23.4 Å². The fourth-order valence-electron chi connectivity index (χ4n) is 2.27. The molecule has 1 fully saturated rings. The molecule has 102 valence electrons. The van der Waals surface area contributed by atoms with Crippen molar-refractivity contribution in [2.75, 3.05) is 11.9 Å². The van der Waals surface area contributed by atoms with Gasteiger partial charge in [0.1, 0.15) is 11.4 Å². The molecule has 1 atom stereocenters. The highest BCUT2D eigenvalue weighted by Crippen LogP contribution is 2.22. The first-order valence-electron chi connectivity index (χ1n) is 6.10. The third kappa shape index (κ3) is 2.67. The quantitative estimate of drug-likeness (QED) is 0.864. The first-order chi connectivity index (χ1) is 9.00. The molecule has 0 bridgehead atoms. The van der Waals surface area contributed by atoms with Crippen molar-refractivity contribution in [1.29, 1.82) is 0 Å². The lowest BCUT2D eigenvalue weighted by atomic mass is 10.1. The molecule has 1 saturated heterocycles. The van der Waals surface area contributed by atoms with E-state index in [4.69, 9.17) is 5.11 Å². The monoisotopic (exact) mass is 266 g/mol. The van der Waals surface area contributed by atoms with E-state index in [-0.39, 0.29) is 11.7 Å².